The van der Waals surface area contributed by atoms with Gasteiger partial charge in [-0.2, -0.15) is 0 Å². The Morgan fingerprint density at radius 1 is 0.714 bits per heavy atom. The first-order valence-corrected chi connectivity index (χ1v) is 12.6. The third kappa shape index (κ3) is 13.1. The molecule has 0 aromatic carbocycles. The lowest BCUT2D eigenvalue weighted by Crippen LogP contribution is -2.33. The van der Waals surface area contributed by atoms with E-state index in [0.29, 0.717) is 24.9 Å². The van der Waals surface area contributed by atoms with Gasteiger partial charge in [0, 0.05) is 24.2 Å². The predicted molar refractivity (Wildman–Crippen MR) is 145 cm³/mol. The first-order valence-electron chi connectivity index (χ1n) is 12.6. The van der Waals surface area contributed by atoms with Gasteiger partial charge in [0.2, 0.25) is 11.8 Å². The Labute approximate surface area is 213 Å². The molecule has 196 valence electrons. The maximum Gasteiger partial charge on any atom is 0.223 e. The van der Waals surface area contributed by atoms with Crippen molar-refractivity contribution in [2.24, 2.45) is 23.7 Å². The van der Waals surface area contributed by atoms with Crippen LogP contribution in [0.5, 0.6) is 0 Å². The first-order chi connectivity index (χ1) is 16.3. The standard InChI is InChI=1S/2C14H22N2O.CH4/c2*1-4-7-13(11(2)3)14(17)16-10-12-8-5-6-9-15-12;/h2*5-6,8-9,11,13H,4,7,10H2,1-3H3,(H,16,17);1H4/t2*13-;/m10./s1. The Hall–Kier alpha value is -2.76. The summed E-state index contributed by atoms with van der Waals surface area (Å²) in [7, 11) is 0. The number of nitrogens with zero attached hydrogens (tertiary/aromatic N) is 2. The van der Waals surface area contributed by atoms with Gasteiger partial charge < -0.3 is 10.6 Å². The van der Waals surface area contributed by atoms with Gasteiger partial charge in [-0.15, -0.1) is 0 Å². The number of hydrogen-bond acceptors (Lipinski definition) is 4. The third-order valence-electron chi connectivity index (χ3n) is 5.82. The van der Waals surface area contributed by atoms with Crippen molar-refractivity contribution in [2.75, 3.05) is 0 Å². The van der Waals surface area contributed by atoms with Gasteiger partial charge in [-0.25, -0.2) is 0 Å². The molecule has 0 saturated heterocycles. The Kier molecular flexibility index (Phi) is 17.1. The zero-order chi connectivity index (χ0) is 25.3. The fourth-order valence-corrected chi connectivity index (χ4v) is 3.78. The molecule has 0 aliphatic heterocycles. The van der Waals surface area contributed by atoms with E-state index in [2.05, 4.69) is 62.1 Å². The van der Waals surface area contributed by atoms with Crippen molar-refractivity contribution in [3.05, 3.63) is 60.2 Å². The van der Waals surface area contributed by atoms with E-state index in [1.807, 2.05) is 36.4 Å². The molecule has 2 aromatic heterocycles. The number of hydrogen-bond donors (Lipinski definition) is 2. The highest BCUT2D eigenvalue weighted by atomic mass is 16.2. The number of amides is 2. The molecule has 2 heterocycles. The van der Waals surface area contributed by atoms with Gasteiger partial charge in [-0.3, -0.25) is 19.6 Å². The van der Waals surface area contributed by atoms with Crippen LogP contribution in [-0.2, 0) is 22.7 Å². The second kappa shape index (κ2) is 18.6. The molecule has 0 saturated carbocycles. The summed E-state index contributed by atoms with van der Waals surface area (Å²) in [6.07, 6.45) is 7.47. The lowest BCUT2D eigenvalue weighted by atomic mass is 9.90. The van der Waals surface area contributed by atoms with Crippen LogP contribution in [0, 0.1) is 23.7 Å². The monoisotopic (exact) mass is 484 g/mol. The average Bonchev–Trinajstić information content (AvgIpc) is 2.84. The Morgan fingerprint density at radius 3 is 1.34 bits per heavy atom. The van der Waals surface area contributed by atoms with E-state index < -0.39 is 0 Å². The van der Waals surface area contributed by atoms with Gasteiger partial charge in [0.25, 0.3) is 0 Å². The molecule has 0 spiro atoms. The first kappa shape index (κ1) is 32.2. The number of carbonyl (C=O) groups excluding carboxylic acids is 2. The van der Waals surface area contributed by atoms with Gasteiger partial charge in [-0.05, 0) is 48.9 Å². The number of carbonyl (C=O) groups is 2. The summed E-state index contributed by atoms with van der Waals surface area (Å²) in [5, 5.41) is 5.93. The molecule has 6 heteroatoms. The van der Waals surface area contributed by atoms with Gasteiger partial charge in [0.1, 0.15) is 0 Å². The predicted octanol–water partition coefficient (Wildman–Crippen LogP) is 6.18. The summed E-state index contributed by atoms with van der Waals surface area (Å²) in [5.74, 6) is 1.30. The van der Waals surface area contributed by atoms with Crippen LogP contribution in [0.25, 0.3) is 0 Å². The Balaban J connectivity index is 0.000000642. The largest absolute Gasteiger partial charge is 0.350 e. The number of nitrogens with one attached hydrogen (secondary N) is 2. The minimum atomic E-state index is 0. The van der Waals surface area contributed by atoms with Gasteiger partial charge >= 0.3 is 0 Å². The normalized spacial score (nSPS) is 12.1. The molecular weight excluding hydrogens is 436 g/mol. The zero-order valence-electron chi connectivity index (χ0n) is 21.9. The van der Waals surface area contributed by atoms with Crippen LogP contribution in [0.15, 0.2) is 48.8 Å². The minimum Gasteiger partial charge on any atom is -0.350 e. The van der Waals surface area contributed by atoms with E-state index in [9.17, 15) is 9.59 Å². The molecule has 0 aliphatic carbocycles. The van der Waals surface area contributed by atoms with Crippen molar-refractivity contribution in [1.82, 2.24) is 20.6 Å². The van der Waals surface area contributed by atoms with Gasteiger partial charge in [0.15, 0.2) is 0 Å². The number of rotatable bonds is 12. The van der Waals surface area contributed by atoms with Crippen molar-refractivity contribution in [3.8, 4) is 0 Å². The fourth-order valence-electron chi connectivity index (χ4n) is 3.78. The molecule has 6 nitrogen and oxygen atoms in total. The van der Waals surface area contributed by atoms with E-state index in [4.69, 9.17) is 0 Å². The van der Waals surface area contributed by atoms with E-state index in [1.54, 1.807) is 12.4 Å². The Morgan fingerprint density at radius 2 is 1.09 bits per heavy atom. The molecule has 0 radical (unpaired) electrons. The molecule has 0 bridgehead atoms. The van der Waals surface area contributed by atoms with Crippen LogP contribution in [0.1, 0.15) is 86.0 Å². The van der Waals surface area contributed by atoms with Crippen molar-refractivity contribution < 1.29 is 9.59 Å². The average molecular weight is 485 g/mol. The SMILES string of the molecule is C.CCC[C@@H](C(=O)NCc1ccccn1)C(C)C.CCC[C@H](C(=O)NCc1ccccn1)C(C)C. The van der Waals surface area contributed by atoms with Gasteiger partial charge in [0.05, 0.1) is 24.5 Å². The quantitative estimate of drug-likeness (QED) is 0.377. The van der Waals surface area contributed by atoms with Crippen molar-refractivity contribution >= 4 is 11.8 Å². The molecule has 0 unspecified atom stereocenters. The Bertz CT molecular complexity index is 740. The molecule has 2 aromatic rings. The number of aromatic nitrogens is 2. The minimum absolute atomic E-state index is 0. The summed E-state index contributed by atoms with van der Waals surface area (Å²) < 4.78 is 0. The highest BCUT2D eigenvalue weighted by molar-refractivity contribution is 5.79. The molecule has 2 atom stereocenters. The van der Waals surface area contributed by atoms with Gasteiger partial charge in [-0.1, -0.05) is 73.9 Å². The maximum absolute atomic E-state index is 12.0. The molecule has 2 amide bonds. The van der Waals surface area contributed by atoms with Crippen LogP contribution >= 0.6 is 0 Å². The van der Waals surface area contributed by atoms with Crippen molar-refractivity contribution in [1.29, 1.82) is 0 Å². The van der Waals surface area contributed by atoms with Crippen LogP contribution < -0.4 is 10.6 Å². The summed E-state index contributed by atoms with van der Waals surface area (Å²) in [5.41, 5.74) is 1.81. The molecular formula is C29H48N4O2. The lowest BCUT2D eigenvalue weighted by Gasteiger charge is -2.19. The maximum atomic E-state index is 12.0. The van der Waals surface area contributed by atoms with E-state index in [0.717, 1.165) is 37.1 Å². The molecule has 2 rings (SSSR count). The summed E-state index contributed by atoms with van der Waals surface area (Å²) in [4.78, 5) is 32.4. The van der Waals surface area contributed by atoms with Crippen LogP contribution in [0.4, 0.5) is 0 Å². The summed E-state index contributed by atoms with van der Waals surface area (Å²) in [6, 6.07) is 11.5. The summed E-state index contributed by atoms with van der Waals surface area (Å²) in [6.45, 7) is 13.7. The van der Waals surface area contributed by atoms with E-state index >= 15 is 0 Å². The second-order valence-electron chi connectivity index (χ2n) is 9.36. The highest BCUT2D eigenvalue weighted by Crippen LogP contribution is 2.18. The number of pyridine rings is 2. The topological polar surface area (TPSA) is 84.0 Å². The molecule has 35 heavy (non-hydrogen) atoms. The van der Waals surface area contributed by atoms with Crippen LogP contribution in [-0.4, -0.2) is 21.8 Å². The van der Waals surface area contributed by atoms with Crippen LogP contribution in [0.3, 0.4) is 0 Å². The zero-order valence-corrected chi connectivity index (χ0v) is 21.9. The van der Waals surface area contributed by atoms with Crippen molar-refractivity contribution in [3.63, 3.8) is 0 Å². The van der Waals surface area contributed by atoms with Crippen molar-refractivity contribution in [2.45, 2.75) is 87.7 Å². The molecule has 0 aliphatic rings. The van der Waals surface area contributed by atoms with E-state index in [-0.39, 0.29) is 31.1 Å². The molecule has 0 fully saturated rings. The summed E-state index contributed by atoms with van der Waals surface area (Å²) >= 11 is 0. The van der Waals surface area contributed by atoms with Crippen LogP contribution in [0.2, 0.25) is 0 Å². The fraction of sp³-hybridized carbons (Fsp3) is 0.586. The third-order valence-corrected chi connectivity index (χ3v) is 5.82. The second-order valence-corrected chi connectivity index (χ2v) is 9.36. The molecule has 2 N–H and O–H groups in total. The smallest absolute Gasteiger partial charge is 0.223 e. The lowest BCUT2D eigenvalue weighted by molar-refractivity contribution is -0.127. The van der Waals surface area contributed by atoms with E-state index in [1.165, 1.54) is 0 Å². The highest BCUT2D eigenvalue weighted by Gasteiger charge is 2.21.